The Balaban J connectivity index is 1.98. The summed E-state index contributed by atoms with van der Waals surface area (Å²) in [5, 5.41) is 6.85. The van der Waals surface area contributed by atoms with Crippen molar-refractivity contribution in [3.05, 3.63) is 54.1 Å². The zero-order valence-corrected chi connectivity index (χ0v) is 11.0. The predicted octanol–water partition coefficient (Wildman–Crippen LogP) is 2.23. The number of carbonyl (C=O) groups is 1. The number of hydrogen-bond donors (Lipinski definition) is 1. The minimum atomic E-state index is -0.107. The number of benzene rings is 1. The molecule has 0 radical (unpaired) electrons. The average Bonchev–Trinajstić information content (AvgIpc) is 2.83. The fourth-order valence-corrected chi connectivity index (χ4v) is 1.64. The first kappa shape index (κ1) is 13.0. The third-order valence-corrected chi connectivity index (χ3v) is 2.45. The van der Waals surface area contributed by atoms with Gasteiger partial charge in [0, 0.05) is 11.8 Å². The highest BCUT2D eigenvalue weighted by Gasteiger charge is 2.00. The summed E-state index contributed by atoms with van der Waals surface area (Å²) in [6.07, 6.45) is 4.75. The molecule has 2 rings (SSSR count). The van der Waals surface area contributed by atoms with Gasteiger partial charge in [0.1, 0.15) is 12.7 Å². The van der Waals surface area contributed by atoms with Crippen molar-refractivity contribution in [1.82, 2.24) is 14.8 Å². The van der Waals surface area contributed by atoms with Gasteiger partial charge in [-0.25, -0.2) is 9.67 Å². The predicted molar refractivity (Wildman–Crippen MR) is 73.6 cm³/mol. The van der Waals surface area contributed by atoms with E-state index in [1.54, 1.807) is 17.1 Å². The van der Waals surface area contributed by atoms with Gasteiger partial charge in [0.25, 0.3) is 0 Å². The molecule has 1 aromatic heterocycles. The monoisotopic (exact) mass is 256 g/mol. The van der Waals surface area contributed by atoms with E-state index < -0.39 is 0 Å². The second-order valence-electron chi connectivity index (χ2n) is 4.50. The maximum absolute atomic E-state index is 11.6. The lowest BCUT2D eigenvalue weighted by molar-refractivity contribution is -0.111. The molecule has 0 saturated heterocycles. The van der Waals surface area contributed by atoms with E-state index in [9.17, 15) is 4.79 Å². The summed E-state index contributed by atoms with van der Waals surface area (Å²) < 4.78 is 1.75. The van der Waals surface area contributed by atoms with Crippen molar-refractivity contribution in [3.63, 3.8) is 0 Å². The number of anilines is 1. The van der Waals surface area contributed by atoms with E-state index in [1.807, 2.05) is 38.1 Å². The molecule has 0 aliphatic rings. The van der Waals surface area contributed by atoms with Gasteiger partial charge >= 0.3 is 0 Å². The fourth-order valence-electron chi connectivity index (χ4n) is 1.64. The Morgan fingerprint density at radius 1 is 1.32 bits per heavy atom. The summed E-state index contributed by atoms with van der Waals surface area (Å²) in [4.78, 5) is 15.4. The number of amides is 1. The first-order chi connectivity index (χ1) is 9.13. The number of nitrogens with one attached hydrogen (secondary N) is 1. The number of rotatable bonds is 4. The van der Waals surface area contributed by atoms with E-state index >= 15 is 0 Å². The quantitative estimate of drug-likeness (QED) is 0.853. The minimum Gasteiger partial charge on any atom is -0.323 e. The molecule has 0 saturated carbocycles. The molecule has 0 aliphatic heterocycles. The Morgan fingerprint density at radius 3 is 2.63 bits per heavy atom. The highest BCUT2D eigenvalue weighted by Crippen LogP contribution is 2.10. The molecule has 2 aromatic rings. The molecule has 1 heterocycles. The number of allylic oxidation sites excluding steroid dienone is 1. The number of carbonyl (C=O) groups excluding carboxylic acids is 1. The zero-order chi connectivity index (χ0) is 13.7. The Hall–Kier alpha value is -2.43. The summed E-state index contributed by atoms with van der Waals surface area (Å²) in [6.45, 7) is 4.45. The Kier molecular flexibility index (Phi) is 4.07. The van der Waals surface area contributed by atoms with E-state index in [0.29, 0.717) is 6.54 Å². The third-order valence-electron chi connectivity index (χ3n) is 2.45. The van der Waals surface area contributed by atoms with Gasteiger partial charge in [-0.1, -0.05) is 17.7 Å². The molecule has 0 bridgehead atoms. The van der Waals surface area contributed by atoms with Gasteiger partial charge in [-0.3, -0.25) is 4.79 Å². The average molecular weight is 256 g/mol. The molecule has 0 atom stereocenters. The van der Waals surface area contributed by atoms with Crippen LogP contribution >= 0.6 is 0 Å². The van der Waals surface area contributed by atoms with E-state index in [0.717, 1.165) is 16.8 Å². The Morgan fingerprint density at radius 2 is 2.05 bits per heavy atom. The second-order valence-corrected chi connectivity index (χ2v) is 4.50. The van der Waals surface area contributed by atoms with Crippen LogP contribution in [0, 0.1) is 0 Å². The van der Waals surface area contributed by atoms with Crippen LogP contribution in [0.1, 0.15) is 19.4 Å². The molecular weight excluding hydrogens is 240 g/mol. The molecule has 1 N–H and O–H groups in total. The maximum atomic E-state index is 11.6. The molecule has 5 heteroatoms. The summed E-state index contributed by atoms with van der Waals surface area (Å²) in [5.74, 6) is -0.107. The van der Waals surface area contributed by atoms with Crippen LogP contribution in [0.5, 0.6) is 0 Å². The highest BCUT2D eigenvalue weighted by atomic mass is 16.1. The minimum absolute atomic E-state index is 0.107. The van der Waals surface area contributed by atoms with Crippen LogP contribution in [0.4, 0.5) is 5.69 Å². The first-order valence-electron chi connectivity index (χ1n) is 6.01. The highest BCUT2D eigenvalue weighted by molar-refractivity contribution is 5.99. The number of aromatic nitrogens is 3. The summed E-state index contributed by atoms with van der Waals surface area (Å²) >= 11 is 0. The van der Waals surface area contributed by atoms with Crippen LogP contribution in [-0.4, -0.2) is 20.7 Å². The lowest BCUT2D eigenvalue weighted by Crippen LogP contribution is -2.08. The molecule has 5 nitrogen and oxygen atoms in total. The zero-order valence-electron chi connectivity index (χ0n) is 11.0. The van der Waals surface area contributed by atoms with Crippen LogP contribution in [-0.2, 0) is 11.3 Å². The van der Waals surface area contributed by atoms with Crippen molar-refractivity contribution in [2.45, 2.75) is 20.4 Å². The van der Waals surface area contributed by atoms with Gasteiger partial charge in [0.05, 0.1) is 6.54 Å². The molecule has 0 spiro atoms. The van der Waals surface area contributed by atoms with Crippen LogP contribution < -0.4 is 5.32 Å². The Bertz CT molecular complexity index is 566. The van der Waals surface area contributed by atoms with Gasteiger partial charge in [0.15, 0.2) is 0 Å². The second kappa shape index (κ2) is 5.95. The van der Waals surface area contributed by atoms with Gasteiger partial charge in [-0.05, 0) is 31.5 Å². The number of nitrogens with zero attached hydrogens (tertiary/aromatic N) is 3. The van der Waals surface area contributed by atoms with Gasteiger partial charge in [-0.15, -0.1) is 0 Å². The van der Waals surface area contributed by atoms with Gasteiger partial charge in [0.2, 0.25) is 5.91 Å². The number of hydrogen-bond acceptors (Lipinski definition) is 3. The lowest BCUT2D eigenvalue weighted by atomic mass is 10.2. The SMILES string of the molecule is CC(C)=CC(=O)Nc1ccc(Cn2cncn2)cc1. The van der Waals surface area contributed by atoms with Crippen LogP contribution in [0.3, 0.4) is 0 Å². The van der Waals surface area contributed by atoms with Crippen molar-refractivity contribution in [2.75, 3.05) is 5.32 Å². The smallest absolute Gasteiger partial charge is 0.248 e. The normalized spacial score (nSPS) is 10.0. The largest absolute Gasteiger partial charge is 0.323 e. The molecule has 19 heavy (non-hydrogen) atoms. The van der Waals surface area contributed by atoms with Crippen molar-refractivity contribution >= 4 is 11.6 Å². The molecule has 0 fully saturated rings. The van der Waals surface area contributed by atoms with Gasteiger partial charge < -0.3 is 5.32 Å². The summed E-state index contributed by atoms with van der Waals surface area (Å²) in [5.41, 5.74) is 2.86. The standard InChI is InChI=1S/C14H16N4O/c1-11(2)7-14(19)17-13-5-3-12(4-6-13)8-18-10-15-9-16-18/h3-7,9-10H,8H2,1-2H3,(H,17,19). The molecule has 0 aliphatic carbocycles. The summed E-state index contributed by atoms with van der Waals surface area (Å²) in [7, 11) is 0. The van der Waals surface area contributed by atoms with Crippen LogP contribution in [0.25, 0.3) is 0 Å². The van der Waals surface area contributed by atoms with Crippen molar-refractivity contribution in [3.8, 4) is 0 Å². The van der Waals surface area contributed by atoms with E-state index in [4.69, 9.17) is 0 Å². The molecule has 98 valence electrons. The van der Waals surface area contributed by atoms with Crippen LogP contribution in [0.15, 0.2) is 48.6 Å². The third kappa shape index (κ3) is 4.06. The van der Waals surface area contributed by atoms with E-state index in [-0.39, 0.29) is 5.91 Å². The molecule has 1 amide bonds. The van der Waals surface area contributed by atoms with Crippen molar-refractivity contribution in [1.29, 1.82) is 0 Å². The fraction of sp³-hybridized carbons (Fsp3) is 0.214. The Labute approximate surface area is 112 Å². The molecular formula is C14H16N4O. The topological polar surface area (TPSA) is 59.8 Å². The first-order valence-corrected chi connectivity index (χ1v) is 6.01. The van der Waals surface area contributed by atoms with Crippen molar-refractivity contribution < 1.29 is 4.79 Å². The van der Waals surface area contributed by atoms with Gasteiger partial charge in [-0.2, -0.15) is 5.10 Å². The maximum Gasteiger partial charge on any atom is 0.248 e. The molecule has 1 aromatic carbocycles. The van der Waals surface area contributed by atoms with Crippen LogP contribution in [0.2, 0.25) is 0 Å². The van der Waals surface area contributed by atoms with Crippen molar-refractivity contribution in [2.24, 2.45) is 0 Å². The van der Waals surface area contributed by atoms with E-state index in [2.05, 4.69) is 15.4 Å². The van der Waals surface area contributed by atoms with E-state index in [1.165, 1.54) is 6.33 Å². The summed E-state index contributed by atoms with van der Waals surface area (Å²) in [6, 6.07) is 7.67. The lowest BCUT2D eigenvalue weighted by Gasteiger charge is -2.05. The molecule has 0 unspecified atom stereocenters.